The quantitative estimate of drug-likeness (QED) is 0.544. The second kappa shape index (κ2) is 8.10. The lowest BCUT2D eigenvalue weighted by atomic mass is 9.97. The second-order valence-electron chi connectivity index (χ2n) is 7.33. The smallest absolute Gasteiger partial charge is 0.306 e. The molecule has 1 atom stereocenters. The van der Waals surface area contributed by atoms with E-state index in [2.05, 4.69) is 67.7 Å². The minimum Gasteiger partial charge on any atom is -0.306 e. The van der Waals surface area contributed by atoms with Crippen molar-refractivity contribution in [1.82, 2.24) is 5.01 Å². The van der Waals surface area contributed by atoms with Crippen LogP contribution >= 0.6 is 11.6 Å². The summed E-state index contributed by atoms with van der Waals surface area (Å²) in [5.41, 5.74) is 6.01. The molecule has 4 rings (SSSR count). The van der Waals surface area contributed by atoms with Gasteiger partial charge in [0, 0.05) is 17.1 Å². The molecule has 1 aliphatic rings. The van der Waals surface area contributed by atoms with Crippen molar-refractivity contribution < 1.29 is 4.79 Å². The molecule has 0 fully saturated rings. The van der Waals surface area contributed by atoms with Crippen molar-refractivity contribution in [3.63, 3.8) is 0 Å². The minimum absolute atomic E-state index is 0.161. The van der Waals surface area contributed by atoms with Gasteiger partial charge in [-0.25, -0.2) is 9.80 Å². The van der Waals surface area contributed by atoms with Gasteiger partial charge in [0.1, 0.15) is 0 Å². The number of anilines is 1. The van der Waals surface area contributed by atoms with Gasteiger partial charge < -0.3 is 5.32 Å². The second-order valence-corrected chi connectivity index (χ2v) is 7.76. The molecule has 3 aromatic rings. The summed E-state index contributed by atoms with van der Waals surface area (Å²) >= 11 is 6.05. The summed E-state index contributed by atoms with van der Waals surface area (Å²) in [5.74, 6) is 0. The molecular weight excluding hydrogens is 382 g/mol. The number of aryl methyl sites for hydroxylation is 2. The van der Waals surface area contributed by atoms with Crippen LogP contribution in [0.5, 0.6) is 0 Å². The lowest BCUT2D eigenvalue weighted by Crippen LogP contribution is -2.31. The van der Waals surface area contributed by atoms with Crippen molar-refractivity contribution in [2.24, 2.45) is 5.10 Å². The largest absolute Gasteiger partial charge is 0.342 e. The third kappa shape index (κ3) is 4.33. The Kier molecular flexibility index (Phi) is 5.36. The van der Waals surface area contributed by atoms with Crippen molar-refractivity contribution in [3.8, 4) is 0 Å². The van der Waals surface area contributed by atoms with E-state index in [-0.39, 0.29) is 12.1 Å². The normalized spacial score (nSPS) is 15.9. The van der Waals surface area contributed by atoms with Gasteiger partial charge in [0.05, 0.1) is 11.8 Å². The topological polar surface area (TPSA) is 44.7 Å². The number of carbonyl (C=O) groups excluding carboxylic acids is 1. The Labute approximate surface area is 175 Å². The summed E-state index contributed by atoms with van der Waals surface area (Å²) in [5, 5.41) is 9.72. The number of benzene rings is 3. The molecule has 0 saturated heterocycles. The van der Waals surface area contributed by atoms with Gasteiger partial charge in [-0.2, -0.15) is 5.10 Å². The molecular formula is C24H22ClN3O. The van der Waals surface area contributed by atoms with Gasteiger partial charge in [0.25, 0.3) is 0 Å². The van der Waals surface area contributed by atoms with E-state index in [1.807, 2.05) is 6.07 Å². The lowest BCUT2D eigenvalue weighted by molar-refractivity contribution is 0.200. The van der Waals surface area contributed by atoms with E-state index in [0.717, 1.165) is 16.8 Å². The summed E-state index contributed by atoms with van der Waals surface area (Å²) in [6.45, 7) is 4.11. The summed E-state index contributed by atoms with van der Waals surface area (Å²) in [6, 6.07) is 23.2. The van der Waals surface area contributed by atoms with Crippen LogP contribution in [0.25, 0.3) is 0 Å². The molecule has 1 heterocycles. The van der Waals surface area contributed by atoms with Gasteiger partial charge in [-0.1, -0.05) is 77.3 Å². The number of urea groups is 1. The molecule has 1 unspecified atom stereocenters. The van der Waals surface area contributed by atoms with Crippen LogP contribution in [0.1, 0.15) is 34.7 Å². The van der Waals surface area contributed by atoms with Gasteiger partial charge in [-0.3, -0.25) is 0 Å². The van der Waals surface area contributed by atoms with Crippen molar-refractivity contribution in [1.29, 1.82) is 0 Å². The molecule has 1 aliphatic heterocycles. The monoisotopic (exact) mass is 403 g/mol. The highest BCUT2D eigenvalue weighted by molar-refractivity contribution is 6.30. The first-order valence-corrected chi connectivity index (χ1v) is 9.94. The van der Waals surface area contributed by atoms with Crippen LogP contribution in [-0.2, 0) is 0 Å². The zero-order valence-electron chi connectivity index (χ0n) is 16.4. The Morgan fingerprint density at radius 2 is 1.66 bits per heavy atom. The van der Waals surface area contributed by atoms with Crippen LogP contribution < -0.4 is 5.32 Å². The van der Waals surface area contributed by atoms with E-state index in [4.69, 9.17) is 16.7 Å². The number of nitrogens with one attached hydrogen (secondary N) is 1. The fourth-order valence-corrected chi connectivity index (χ4v) is 3.60. The number of halogens is 1. The first-order chi connectivity index (χ1) is 14.0. The predicted molar refractivity (Wildman–Crippen MR) is 119 cm³/mol. The minimum atomic E-state index is -0.278. The Balaban J connectivity index is 1.65. The number of carbonyl (C=O) groups is 1. The zero-order valence-corrected chi connectivity index (χ0v) is 17.1. The third-order valence-corrected chi connectivity index (χ3v) is 5.28. The average molecular weight is 404 g/mol. The lowest BCUT2D eigenvalue weighted by Gasteiger charge is -2.22. The standard InChI is InChI=1S/C24H22ClN3O/c1-16-6-10-18(11-7-16)22-15-23(19-12-8-17(2)9-13-19)28(27-22)24(29)26-21-5-3-4-20(25)14-21/h3-14,23H,15H2,1-2H3,(H,26,29). The van der Waals surface area contributed by atoms with Gasteiger partial charge in [0.15, 0.2) is 0 Å². The molecule has 2 amide bonds. The summed E-state index contributed by atoms with van der Waals surface area (Å²) in [6.07, 6.45) is 0.662. The maximum absolute atomic E-state index is 13.1. The molecule has 0 aliphatic carbocycles. The SMILES string of the molecule is Cc1ccc(C2=NN(C(=O)Nc3cccc(Cl)c3)C(c3ccc(C)cc3)C2)cc1. The fourth-order valence-electron chi connectivity index (χ4n) is 3.41. The molecule has 0 radical (unpaired) electrons. The molecule has 146 valence electrons. The third-order valence-electron chi connectivity index (χ3n) is 5.04. The van der Waals surface area contributed by atoms with Crippen molar-refractivity contribution >= 4 is 29.0 Å². The van der Waals surface area contributed by atoms with E-state index in [1.165, 1.54) is 11.1 Å². The van der Waals surface area contributed by atoms with E-state index in [0.29, 0.717) is 17.1 Å². The Bertz CT molecular complexity index is 1060. The molecule has 1 N–H and O–H groups in total. The van der Waals surface area contributed by atoms with Crippen molar-refractivity contribution in [2.45, 2.75) is 26.3 Å². The van der Waals surface area contributed by atoms with Crippen molar-refractivity contribution in [3.05, 3.63) is 100 Å². The van der Waals surface area contributed by atoms with Gasteiger partial charge in [0.2, 0.25) is 0 Å². The van der Waals surface area contributed by atoms with E-state index in [1.54, 1.807) is 23.2 Å². The molecule has 4 nitrogen and oxygen atoms in total. The molecule has 3 aromatic carbocycles. The Hall–Kier alpha value is -3.11. The first-order valence-electron chi connectivity index (χ1n) is 9.56. The fraction of sp³-hybridized carbons (Fsp3) is 0.167. The van der Waals surface area contributed by atoms with Crippen LogP contribution in [0.15, 0.2) is 77.9 Å². The van der Waals surface area contributed by atoms with Crippen LogP contribution in [0.2, 0.25) is 5.02 Å². The number of rotatable bonds is 3. The Morgan fingerprint density at radius 3 is 2.31 bits per heavy atom. The van der Waals surface area contributed by atoms with E-state index < -0.39 is 0 Å². The number of hydrogen-bond acceptors (Lipinski definition) is 2. The number of nitrogens with zero attached hydrogens (tertiary/aromatic N) is 2. The molecule has 0 bridgehead atoms. The number of amides is 2. The molecule has 29 heavy (non-hydrogen) atoms. The van der Waals surface area contributed by atoms with Gasteiger partial charge >= 0.3 is 6.03 Å². The molecule has 5 heteroatoms. The maximum atomic E-state index is 13.1. The Morgan fingerprint density at radius 1 is 1.00 bits per heavy atom. The van der Waals surface area contributed by atoms with Crippen LogP contribution in [0, 0.1) is 13.8 Å². The maximum Gasteiger partial charge on any atom is 0.342 e. The highest BCUT2D eigenvalue weighted by Crippen LogP contribution is 2.33. The van der Waals surface area contributed by atoms with Gasteiger partial charge in [-0.05, 0) is 43.2 Å². The average Bonchev–Trinajstić information content (AvgIpc) is 3.15. The number of hydrogen-bond donors (Lipinski definition) is 1. The van der Waals surface area contributed by atoms with Crippen LogP contribution in [-0.4, -0.2) is 16.8 Å². The highest BCUT2D eigenvalue weighted by atomic mass is 35.5. The molecule has 0 spiro atoms. The number of hydrazone groups is 1. The van der Waals surface area contributed by atoms with Crippen LogP contribution in [0.3, 0.4) is 0 Å². The van der Waals surface area contributed by atoms with E-state index in [9.17, 15) is 4.79 Å². The van der Waals surface area contributed by atoms with Gasteiger partial charge in [-0.15, -0.1) is 0 Å². The first kappa shape index (κ1) is 19.2. The molecule has 0 saturated carbocycles. The summed E-state index contributed by atoms with van der Waals surface area (Å²) in [4.78, 5) is 13.1. The van der Waals surface area contributed by atoms with Crippen molar-refractivity contribution in [2.75, 3.05) is 5.32 Å². The van der Waals surface area contributed by atoms with Crippen LogP contribution in [0.4, 0.5) is 10.5 Å². The van der Waals surface area contributed by atoms with E-state index >= 15 is 0 Å². The zero-order chi connectivity index (χ0) is 20.4. The predicted octanol–water partition coefficient (Wildman–Crippen LogP) is 6.34. The summed E-state index contributed by atoms with van der Waals surface area (Å²) in [7, 11) is 0. The molecule has 0 aromatic heterocycles. The summed E-state index contributed by atoms with van der Waals surface area (Å²) < 4.78 is 0. The highest BCUT2D eigenvalue weighted by Gasteiger charge is 2.33.